The highest BCUT2D eigenvalue weighted by molar-refractivity contribution is 5.77. The molecule has 1 aliphatic rings. The predicted molar refractivity (Wildman–Crippen MR) is 96.7 cm³/mol. The Morgan fingerprint density at radius 1 is 1.17 bits per heavy atom. The molecule has 3 rings (SSSR count). The molecule has 3 heteroatoms. The maximum absolute atomic E-state index is 12.7. The zero-order valence-corrected chi connectivity index (χ0v) is 14.6. The molecule has 1 heterocycles. The molecule has 0 spiro atoms. The van der Waals surface area contributed by atoms with E-state index in [2.05, 4.69) is 48.0 Å². The molecule has 1 aromatic carbocycles. The van der Waals surface area contributed by atoms with Crippen molar-refractivity contribution in [2.75, 3.05) is 0 Å². The predicted octanol–water partition coefficient (Wildman–Crippen LogP) is 4.33. The van der Waals surface area contributed by atoms with Crippen LogP contribution in [0.1, 0.15) is 55.7 Å². The summed E-state index contributed by atoms with van der Waals surface area (Å²) in [5, 5.41) is 0. The van der Waals surface area contributed by atoms with E-state index in [0.29, 0.717) is 18.4 Å². The van der Waals surface area contributed by atoms with E-state index in [9.17, 15) is 4.79 Å². The number of aromatic nitrogens is 1. The van der Waals surface area contributed by atoms with Gasteiger partial charge in [0, 0.05) is 31.4 Å². The number of amides is 1. The average Bonchev–Trinajstić information content (AvgIpc) is 3.44. The number of rotatable bonds is 7. The number of aryl methyl sites for hydroxylation is 1. The molecule has 0 bridgehead atoms. The van der Waals surface area contributed by atoms with Crippen LogP contribution in [0.2, 0.25) is 0 Å². The van der Waals surface area contributed by atoms with E-state index in [-0.39, 0.29) is 5.91 Å². The van der Waals surface area contributed by atoms with E-state index >= 15 is 0 Å². The topological polar surface area (TPSA) is 33.2 Å². The summed E-state index contributed by atoms with van der Waals surface area (Å²) in [6.45, 7) is 5.13. The van der Waals surface area contributed by atoms with Gasteiger partial charge < -0.3 is 4.90 Å². The van der Waals surface area contributed by atoms with Crippen LogP contribution < -0.4 is 0 Å². The summed E-state index contributed by atoms with van der Waals surface area (Å²) in [6.07, 6.45) is 7.22. The van der Waals surface area contributed by atoms with Gasteiger partial charge in [-0.2, -0.15) is 0 Å². The number of hydrogen-bond acceptors (Lipinski definition) is 2. The molecule has 1 saturated carbocycles. The highest BCUT2D eigenvalue weighted by Gasteiger charge is 2.32. The molecule has 126 valence electrons. The molecule has 1 aromatic heterocycles. The number of nitrogens with zero attached hydrogens (tertiary/aromatic N) is 2. The van der Waals surface area contributed by atoms with E-state index in [1.807, 2.05) is 18.3 Å². The summed E-state index contributed by atoms with van der Waals surface area (Å²) in [7, 11) is 0. The number of carbonyl (C=O) groups is 1. The zero-order valence-electron chi connectivity index (χ0n) is 14.6. The first-order valence-electron chi connectivity index (χ1n) is 8.90. The number of carbonyl (C=O) groups excluding carboxylic acids is 1. The SMILES string of the molecule is CC(C)c1ccc(CN(C(=O)CCc2cccnc2)C2CC2)cc1. The average molecular weight is 322 g/mol. The van der Waals surface area contributed by atoms with Crippen LogP contribution in [0.5, 0.6) is 0 Å². The van der Waals surface area contributed by atoms with E-state index in [1.165, 1.54) is 11.1 Å². The molecule has 0 aliphatic heterocycles. The second-order valence-electron chi connectivity index (χ2n) is 7.01. The van der Waals surface area contributed by atoms with Crippen LogP contribution >= 0.6 is 0 Å². The summed E-state index contributed by atoms with van der Waals surface area (Å²) in [4.78, 5) is 18.9. The van der Waals surface area contributed by atoms with E-state index in [4.69, 9.17) is 0 Å². The molecule has 0 N–H and O–H groups in total. The quantitative estimate of drug-likeness (QED) is 0.760. The second kappa shape index (κ2) is 7.61. The Morgan fingerprint density at radius 3 is 2.50 bits per heavy atom. The van der Waals surface area contributed by atoms with Gasteiger partial charge >= 0.3 is 0 Å². The molecular weight excluding hydrogens is 296 g/mol. The van der Waals surface area contributed by atoms with Gasteiger partial charge in [0.25, 0.3) is 0 Å². The summed E-state index contributed by atoms with van der Waals surface area (Å²) in [5.41, 5.74) is 3.70. The summed E-state index contributed by atoms with van der Waals surface area (Å²) in [6, 6.07) is 13.1. The van der Waals surface area contributed by atoms with Gasteiger partial charge in [-0.1, -0.05) is 44.2 Å². The van der Waals surface area contributed by atoms with Gasteiger partial charge in [-0.15, -0.1) is 0 Å². The molecule has 24 heavy (non-hydrogen) atoms. The Bertz CT molecular complexity index is 660. The van der Waals surface area contributed by atoms with E-state index in [0.717, 1.165) is 31.4 Å². The smallest absolute Gasteiger partial charge is 0.223 e. The Kier molecular flexibility index (Phi) is 5.29. The maximum Gasteiger partial charge on any atom is 0.223 e. The van der Waals surface area contributed by atoms with Crippen LogP contribution in [0.15, 0.2) is 48.8 Å². The van der Waals surface area contributed by atoms with Gasteiger partial charge in [-0.05, 0) is 47.9 Å². The van der Waals surface area contributed by atoms with Crippen molar-refractivity contribution in [2.24, 2.45) is 0 Å². The van der Waals surface area contributed by atoms with Crippen molar-refractivity contribution >= 4 is 5.91 Å². The van der Waals surface area contributed by atoms with E-state index < -0.39 is 0 Å². The monoisotopic (exact) mass is 322 g/mol. The van der Waals surface area contributed by atoms with Gasteiger partial charge in [0.15, 0.2) is 0 Å². The molecule has 2 aromatic rings. The minimum absolute atomic E-state index is 0.259. The molecule has 0 unspecified atom stereocenters. The molecule has 0 atom stereocenters. The fraction of sp³-hybridized carbons (Fsp3) is 0.429. The van der Waals surface area contributed by atoms with Crippen molar-refractivity contribution in [1.82, 2.24) is 9.88 Å². The Labute approximate surface area is 144 Å². The fourth-order valence-electron chi connectivity index (χ4n) is 2.95. The first kappa shape index (κ1) is 16.7. The van der Waals surface area contributed by atoms with Crippen LogP contribution in [0, 0.1) is 0 Å². The first-order valence-corrected chi connectivity index (χ1v) is 8.90. The van der Waals surface area contributed by atoms with Gasteiger partial charge in [0.1, 0.15) is 0 Å². The Hall–Kier alpha value is -2.16. The summed E-state index contributed by atoms with van der Waals surface area (Å²) >= 11 is 0. The van der Waals surface area contributed by atoms with Crippen molar-refractivity contribution in [1.29, 1.82) is 0 Å². The second-order valence-corrected chi connectivity index (χ2v) is 7.01. The van der Waals surface area contributed by atoms with Crippen LogP contribution in [-0.4, -0.2) is 21.8 Å². The molecule has 3 nitrogen and oxygen atoms in total. The molecule has 0 radical (unpaired) electrons. The number of pyridine rings is 1. The van der Waals surface area contributed by atoms with Crippen LogP contribution in [-0.2, 0) is 17.8 Å². The fourth-order valence-corrected chi connectivity index (χ4v) is 2.95. The largest absolute Gasteiger partial charge is 0.335 e. The molecule has 0 saturated heterocycles. The lowest BCUT2D eigenvalue weighted by molar-refractivity contribution is -0.132. The standard InChI is InChI=1S/C21H26N2O/c1-16(2)19-8-5-18(6-9-19)15-23(20-10-11-20)21(24)12-7-17-4-3-13-22-14-17/h3-6,8-9,13-14,16,20H,7,10-12,15H2,1-2H3. The molecular formula is C21H26N2O. The highest BCUT2D eigenvalue weighted by Crippen LogP contribution is 2.29. The highest BCUT2D eigenvalue weighted by atomic mass is 16.2. The van der Waals surface area contributed by atoms with Crippen LogP contribution in [0.25, 0.3) is 0 Å². The van der Waals surface area contributed by atoms with Gasteiger partial charge in [-0.3, -0.25) is 9.78 Å². The lowest BCUT2D eigenvalue weighted by atomic mass is 10.0. The van der Waals surface area contributed by atoms with Gasteiger partial charge in [0.05, 0.1) is 0 Å². The van der Waals surface area contributed by atoms with E-state index in [1.54, 1.807) is 6.20 Å². The van der Waals surface area contributed by atoms with Gasteiger partial charge in [0.2, 0.25) is 5.91 Å². The van der Waals surface area contributed by atoms with Crippen molar-refractivity contribution in [3.63, 3.8) is 0 Å². The first-order chi connectivity index (χ1) is 11.6. The third-order valence-corrected chi connectivity index (χ3v) is 4.66. The zero-order chi connectivity index (χ0) is 16.9. The van der Waals surface area contributed by atoms with Crippen LogP contribution in [0.4, 0.5) is 0 Å². The van der Waals surface area contributed by atoms with Crippen molar-refractivity contribution in [3.05, 3.63) is 65.5 Å². The van der Waals surface area contributed by atoms with Gasteiger partial charge in [-0.25, -0.2) is 0 Å². The summed E-state index contributed by atoms with van der Waals surface area (Å²) < 4.78 is 0. The Balaban J connectivity index is 1.60. The minimum atomic E-state index is 0.259. The lowest BCUT2D eigenvalue weighted by Gasteiger charge is -2.23. The number of hydrogen-bond donors (Lipinski definition) is 0. The number of benzene rings is 1. The van der Waals surface area contributed by atoms with Crippen molar-refractivity contribution in [2.45, 2.75) is 58.0 Å². The van der Waals surface area contributed by atoms with Crippen molar-refractivity contribution in [3.8, 4) is 0 Å². The third-order valence-electron chi connectivity index (χ3n) is 4.66. The Morgan fingerprint density at radius 2 is 1.92 bits per heavy atom. The molecule has 1 fully saturated rings. The van der Waals surface area contributed by atoms with Crippen molar-refractivity contribution < 1.29 is 4.79 Å². The molecule has 1 aliphatic carbocycles. The van der Waals surface area contributed by atoms with Crippen LogP contribution in [0.3, 0.4) is 0 Å². The normalized spacial score (nSPS) is 14.0. The third kappa shape index (κ3) is 4.44. The molecule has 1 amide bonds. The lowest BCUT2D eigenvalue weighted by Crippen LogP contribution is -2.32. The maximum atomic E-state index is 12.7. The minimum Gasteiger partial charge on any atom is -0.335 e. The summed E-state index contributed by atoms with van der Waals surface area (Å²) in [5.74, 6) is 0.800.